The molecule has 21 heavy (non-hydrogen) atoms. The highest BCUT2D eigenvalue weighted by molar-refractivity contribution is 6.30. The Bertz CT molecular complexity index is 451. The van der Waals surface area contributed by atoms with Crippen molar-refractivity contribution in [3.05, 3.63) is 34.6 Å². The van der Waals surface area contributed by atoms with Crippen LogP contribution in [0.2, 0.25) is 5.02 Å². The molecule has 0 saturated carbocycles. The van der Waals surface area contributed by atoms with Crippen LogP contribution in [0.4, 0.5) is 17.6 Å². The molecule has 1 aliphatic heterocycles. The summed E-state index contributed by atoms with van der Waals surface area (Å²) in [6.07, 6.45) is -4.54. The van der Waals surface area contributed by atoms with Crippen LogP contribution in [0.5, 0.6) is 0 Å². The predicted molar refractivity (Wildman–Crippen MR) is 79.1 cm³/mol. The molecule has 122 valence electrons. The fourth-order valence-electron chi connectivity index (χ4n) is 2.24. The second-order valence-corrected chi connectivity index (χ2v) is 4.83. The number of halogens is 7. The van der Waals surface area contributed by atoms with Crippen LogP contribution in [0.1, 0.15) is 11.6 Å². The molecule has 1 aromatic carbocycles. The normalized spacial score (nSPS) is 17.6. The van der Waals surface area contributed by atoms with Crippen molar-refractivity contribution in [3.63, 3.8) is 0 Å². The van der Waals surface area contributed by atoms with Gasteiger partial charge in [-0.1, -0.05) is 11.6 Å². The molecule has 1 atom stereocenters. The number of rotatable bonds is 2. The lowest BCUT2D eigenvalue weighted by molar-refractivity contribution is -0.188. The van der Waals surface area contributed by atoms with Gasteiger partial charge < -0.3 is 5.32 Å². The fraction of sp³-hybridized carbons (Fsp3) is 0.500. The average Bonchev–Trinajstić information content (AvgIpc) is 2.33. The first kappa shape index (κ1) is 20.7. The Morgan fingerprint density at radius 2 is 1.71 bits per heavy atom. The molecule has 0 radical (unpaired) electrons. The van der Waals surface area contributed by atoms with Gasteiger partial charge in [-0.15, -0.1) is 24.8 Å². The zero-order chi connectivity index (χ0) is 14.0. The van der Waals surface area contributed by atoms with Crippen LogP contribution in [0, 0.1) is 5.82 Å². The van der Waals surface area contributed by atoms with Crippen LogP contribution < -0.4 is 5.32 Å². The van der Waals surface area contributed by atoms with E-state index in [0.29, 0.717) is 13.1 Å². The third-order valence-corrected chi connectivity index (χ3v) is 3.31. The van der Waals surface area contributed by atoms with E-state index < -0.39 is 23.6 Å². The lowest BCUT2D eigenvalue weighted by atomic mass is 10.0. The molecular weight excluding hydrogens is 354 g/mol. The monoisotopic (exact) mass is 368 g/mol. The molecule has 0 aliphatic carbocycles. The van der Waals surface area contributed by atoms with Gasteiger partial charge in [0, 0.05) is 36.8 Å². The van der Waals surface area contributed by atoms with Gasteiger partial charge in [0.25, 0.3) is 0 Å². The second-order valence-electron chi connectivity index (χ2n) is 4.40. The topological polar surface area (TPSA) is 15.3 Å². The summed E-state index contributed by atoms with van der Waals surface area (Å²) in [5.41, 5.74) is -0.415. The zero-order valence-electron chi connectivity index (χ0n) is 10.8. The number of benzene rings is 1. The van der Waals surface area contributed by atoms with E-state index >= 15 is 0 Å². The molecule has 0 aromatic heterocycles. The Balaban J connectivity index is 0.00000200. The second kappa shape index (κ2) is 8.39. The van der Waals surface area contributed by atoms with Gasteiger partial charge in [0.15, 0.2) is 0 Å². The summed E-state index contributed by atoms with van der Waals surface area (Å²) in [6, 6.07) is 1.31. The average molecular weight is 370 g/mol. The van der Waals surface area contributed by atoms with Gasteiger partial charge in [-0.3, -0.25) is 4.90 Å². The molecule has 0 bridgehead atoms. The first-order chi connectivity index (χ1) is 8.89. The molecule has 2 nitrogen and oxygen atoms in total. The van der Waals surface area contributed by atoms with E-state index in [2.05, 4.69) is 5.32 Å². The van der Waals surface area contributed by atoms with Crippen molar-refractivity contribution in [1.82, 2.24) is 10.2 Å². The van der Waals surface area contributed by atoms with E-state index in [1.54, 1.807) is 0 Å². The van der Waals surface area contributed by atoms with Crippen LogP contribution in [0.25, 0.3) is 0 Å². The molecule has 1 fully saturated rings. The van der Waals surface area contributed by atoms with Crippen molar-refractivity contribution in [1.29, 1.82) is 0 Å². The van der Waals surface area contributed by atoms with E-state index in [0.717, 1.165) is 12.1 Å². The summed E-state index contributed by atoms with van der Waals surface area (Å²) in [5, 5.41) is 3.07. The van der Waals surface area contributed by atoms with E-state index in [1.165, 1.54) is 11.0 Å². The standard InChI is InChI=1S/C12H13ClF4N2.2ClH/c13-8-1-2-10(14)9(7-8)11(12(15,16)17)19-5-3-18-4-6-19;;/h1-2,7,11,18H,3-6H2;2*1H/t11-;;/m1../s1. The lowest BCUT2D eigenvalue weighted by Crippen LogP contribution is -2.49. The Morgan fingerprint density at radius 3 is 2.24 bits per heavy atom. The minimum absolute atomic E-state index is 0. The Morgan fingerprint density at radius 1 is 1.14 bits per heavy atom. The van der Waals surface area contributed by atoms with Gasteiger partial charge in [-0.05, 0) is 18.2 Å². The summed E-state index contributed by atoms with van der Waals surface area (Å²) >= 11 is 5.69. The van der Waals surface area contributed by atoms with Gasteiger partial charge in [0.2, 0.25) is 0 Å². The van der Waals surface area contributed by atoms with Gasteiger partial charge in [0.1, 0.15) is 11.9 Å². The third-order valence-electron chi connectivity index (χ3n) is 3.08. The minimum atomic E-state index is -4.54. The molecule has 2 rings (SSSR count). The van der Waals surface area contributed by atoms with Crippen LogP contribution in [0.15, 0.2) is 18.2 Å². The number of hydrogen-bond acceptors (Lipinski definition) is 2. The SMILES string of the molecule is Cl.Cl.Fc1ccc(Cl)cc1[C@@H](N1CCNCC1)C(F)(F)F. The molecule has 1 N–H and O–H groups in total. The van der Waals surface area contributed by atoms with Gasteiger partial charge in [-0.25, -0.2) is 4.39 Å². The van der Waals surface area contributed by atoms with E-state index in [9.17, 15) is 17.6 Å². The van der Waals surface area contributed by atoms with Gasteiger partial charge in [-0.2, -0.15) is 13.2 Å². The van der Waals surface area contributed by atoms with Crippen molar-refractivity contribution in [2.24, 2.45) is 0 Å². The van der Waals surface area contributed by atoms with Crippen LogP contribution in [-0.4, -0.2) is 37.3 Å². The molecule has 1 aliphatic rings. The Labute approximate surface area is 137 Å². The Hall–Kier alpha value is -0.270. The highest BCUT2D eigenvalue weighted by Gasteiger charge is 2.46. The van der Waals surface area contributed by atoms with Crippen LogP contribution >= 0.6 is 36.4 Å². The smallest absolute Gasteiger partial charge is 0.314 e. The van der Waals surface area contributed by atoms with Gasteiger partial charge in [0.05, 0.1) is 0 Å². The zero-order valence-corrected chi connectivity index (χ0v) is 13.2. The van der Waals surface area contributed by atoms with Crippen molar-refractivity contribution in [2.45, 2.75) is 12.2 Å². The largest absolute Gasteiger partial charge is 0.408 e. The summed E-state index contributed by atoms with van der Waals surface area (Å²) < 4.78 is 53.4. The van der Waals surface area contributed by atoms with Crippen LogP contribution in [0.3, 0.4) is 0 Å². The number of nitrogens with zero attached hydrogens (tertiary/aromatic N) is 1. The van der Waals surface area contributed by atoms with E-state index in [4.69, 9.17) is 11.6 Å². The number of hydrogen-bond donors (Lipinski definition) is 1. The summed E-state index contributed by atoms with van der Waals surface area (Å²) in [6.45, 7) is 1.34. The maximum Gasteiger partial charge on any atom is 0.408 e. The quantitative estimate of drug-likeness (QED) is 0.797. The fourth-order valence-corrected chi connectivity index (χ4v) is 2.43. The molecule has 9 heteroatoms. The molecule has 0 unspecified atom stereocenters. The van der Waals surface area contributed by atoms with Crippen LogP contribution in [-0.2, 0) is 0 Å². The van der Waals surface area contributed by atoms with E-state index in [1.807, 2.05) is 0 Å². The first-order valence-electron chi connectivity index (χ1n) is 5.86. The summed E-state index contributed by atoms with van der Waals surface area (Å²) in [4.78, 5) is 1.23. The van der Waals surface area contributed by atoms with E-state index in [-0.39, 0.29) is 42.9 Å². The number of piperazine rings is 1. The molecule has 1 aromatic rings. The lowest BCUT2D eigenvalue weighted by Gasteiger charge is -2.36. The van der Waals surface area contributed by atoms with Crippen molar-refractivity contribution in [2.75, 3.05) is 26.2 Å². The number of alkyl halides is 3. The molecule has 0 spiro atoms. The molecule has 1 heterocycles. The first-order valence-corrected chi connectivity index (χ1v) is 6.24. The highest BCUT2D eigenvalue weighted by atomic mass is 35.5. The Kier molecular flexibility index (Phi) is 8.28. The van der Waals surface area contributed by atoms with Crippen molar-refractivity contribution < 1.29 is 17.6 Å². The van der Waals surface area contributed by atoms with Crippen molar-refractivity contribution >= 4 is 36.4 Å². The summed E-state index contributed by atoms with van der Waals surface area (Å²) in [7, 11) is 0. The highest BCUT2D eigenvalue weighted by Crippen LogP contribution is 2.39. The molecular formula is C12H15Cl3F4N2. The minimum Gasteiger partial charge on any atom is -0.314 e. The summed E-state index contributed by atoms with van der Waals surface area (Å²) in [5.74, 6) is -0.884. The number of nitrogens with one attached hydrogen (secondary N) is 1. The third kappa shape index (κ3) is 5.14. The predicted octanol–water partition coefficient (Wildman–Crippen LogP) is 3.83. The van der Waals surface area contributed by atoms with Crippen molar-refractivity contribution in [3.8, 4) is 0 Å². The van der Waals surface area contributed by atoms with Gasteiger partial charge >= 0.3 is 6.18 Å². The maximum atomic E-state index is 13.7. The molecule has 0 amide bonds. The molecule has 1 saturated heterocycles. The maximum absolute atomic E-state index is 13.7.